The van der Waals surface area contributed by atoms with E-state index in [1.165, 1.54) is 36.2 Å². The van der Waals surface area contributed by atoms with Crippen LogP contribution in [0.5, 0.6) is 0 Å². The Bertz CT molecular complexity index is 863. The standard InChI is InChI=1S/C20H24N6/c1-14-15(2)20(24-23-19(14)11-21)26-9-6-18-16(13-26)10-17(12-22-18)25-7-4-3-5-8-25/h10,12H,3-9,13H2,1-2H3. The Morgan fingerprint density at radius 2 is 1.81 bits per heavy atom. The van der Waals surface area contributed by atoms with E-state index in [2.05, 4.69) is 32.1 Å². The number of fused-ring (bicyclic) bond motifs is 1. The molecule has 0 saturated carbocycles. The topological polar surface area (TPSA) is 68.9 Å². The highest BCUT2D eigenvalue weighted by atomic mass is 15.3. The number of pyridine rings is 1. The number of piperidine rings is 1. The summed E-state index contributed by atoms with van der Waals surface area (Å²) in [6.07, 6.45) is 6.82. The fourth-order valence-electron chi connectivity index (χ4n) is 3.92. The Balaban J connectivity index is 1.61. The van der Waals surface area contributed by atoms with E-state index < -0.39 is 0 Å². The third-order valence-corrected chi connectivity index (χ3v) is 5.65. The first-order valence-corrected chi connectivity index (χ1v) is 9.39. The quantitative estimate of drug-likeness (QED) is 0.831. The van der Waals surface area contributed by atoms with Crippen LogP contribution in [0.2, 0.25) is 0 Å². The summed E-state index contributed by atoms with van der Waals surface area (Å²) in [6.45, 7) is 7.90. The molecule has 1 saturated heterocycles. The van der Waals surface area contributed by atoms with E-state index in [-0.39, 0.29) is 0 Å². The molecule has 0 aliphatic carbocycles. The molecule has 1 fully saturated rings. The summed E-state index contributed by atoms with van der Waals surface area (Å²) in [4.78, 5) is 9.46. The van der Waals surface area contributed by atoms with E-state index in [4.69, 9.17) is 10.2 Å². The summed E-state index contributed by atoms with van der Waals surface area (Å²) < 4.78 is 0. The van der Waals surface area contributed by atoms with Gasteiger partial charge in [0.2, 0.25) is 0 Å². The predicted molar refractivity (Wildman–Crippen MR) is 101 cm³/mol. The van der Waals surface area contributed by atoms with Gasteiger partial charge >= 0.3 is 0 Å². The maximum atomic E-state index is 9.15. The zero-order chi connectivity index (χ0) is 18.1. The third kappa shape index (κ3) is 2.98. The lowest BCUT2D eigenvalue weighted by molar-refractivity contribution is 0.576. The number of hydrogen-bond donors (Lipinski definition) is 0. The highest BCUT2D eigenvalue weighted by molar-refractivity contribution is 5.55. The molecule has 0 amide bonds. The molecule has 134 valence electrons. The molecule has 0 spiro atoms. The molecule has 2 aromatic rings. The number of nitrogens with zero attached hydrogens (tertiary/aromatic N) is 6. The zero-order valence-corrected chi connectivity index (χ0v) is 15.5. The van der Waals surface area contributed by atoms with Gasteiger partial charge in [-0.25, -0.2) is 0 Å². The summed E-state index contributed by atoms with van der Waals surface area (Å²) in [5.41, 5.74) is 6.09. The number of anilines is 2. The largest absolute Gasteiger partial charge is 0.370 e. The van der Waals surface area contributed by atoms with Crippen molar-refractivity contribution in [1.29, 1.82) is 5.26 Å². The van der Waals surface area contributed by atoms with Gasteiger partial charge in [0, 0.05) is 38.3 Å². The van der Waals surface area contributed by atoms with E-state index in [1.54, 1.807) is 0 Å². The molecule has 2 aliphatic heterocycles. The highest BCUT2D eigenvalue weighted by Gasteiger charge is 2.23. The molecular formula is C20H24N6. The van der Waals surface area contributed by atoms with Crippen molar-refractivity contribution < 1.29 is 0 Å². The summed E-state index contributed by atoms with van der Waals surface area (Å²) >= 11 is 0. The van der Waals surface area contributed by atoms with E-state index in [0.717, 1.165) is 49.5 Å². The van der Waals surface area contributed by atoms with E-state index >= 15 is 0 Å². The van der Waals surface area contributed by atoms with Crippen LogP contribution >= 0.6 is 0 Å². The average Bonchev–Trinajstić information content (AvgIpc) is 2.70. The highest BCUT2D eigenvalue weighted by Crippen LogP contribution is 2.29. The first kappa shape index (κ1) is 16.8. The van der Waals surface area contributed by atoms with Gasteiger partial charge in [0.25, 0.3) is 0 Å². The van der Waals surface area contributed by atoms with Crippen molar-refractivity contribution in [1.82, 2.24) is 15.2 Å². The van der Waals surface area contributed by atoms with E-state index in [1.807, 2.05) is 20.0 Å². The normalized spacial score (nSPS) is 17.0. The van der Waals surface area contributed by atoms with Crippen molar-refractivity contribution in [3.8, 4) is 6.07 Å². The van der Waals surface area contributed by atoms with Crippen LogP contribution < -0.4 is 9.80 Å². The van der Waals surface area contributed by atoms with Crippen LogP contribution in [-0.2, 0) is 13.0 Å². The molecule has 4 rings (SSSR count). The molecule has 0 unspecified atom stereocenters. The molecule has 0 N–H and O–H groups in total. The van der Waals surface area contributed by atoms with Crippen molar-refractivity contribution in [3.05, 3.63) is 40.3 Å². The second kappa shape index (κ2) is 6.91. The lowest BCUT2D eigenvalue weighted by Crippen LogP contribution is -2.34. The van der Waals surface area contributed by atoms with Crippen LogP contribution in [-0.4, -0.2) is 34.8 Å². The van der Waals surface area contributed by atoms with Crippen molar-refractivity contribution in [2.24, 2.45) is 0 Å². The fourth-order valence-corrected chi connectivity index (χ4v) is 3.92. The third-order valence-electron chi connectivity index (χ3n) is 5.65. The Morgan fingerprint density at radius 3 is 2.58 bits per heavy atom. The van der Waals surface area contributed by atoms with Crippen LogP contribution in [0.4, 0.5) is 11.5 Å². The maximum absolute atomic E-state index is 9.15. The van der Waals surface area contributed by atoms with E-state index in [0.29, 0.717) is 5.69 Å². The van der Waals surface area contributed by atoms with Gasteiger partial charge in [-0.2, -0.15) is 5.26 Å². The molecule has 0 radical (unpaired) electrons. The van der Waals surface area contributed by atoms with Crippen LogP contribution in [0.1, 0.15) is 47.3 Å². The van der Waals surface area contributed by atoms with E-state index in [9.17, 15) is 0 Å². The van der Waals surface area contributed by atoms with Gasteiger partial charge < -0.3 is 9.80 Å². The average molecular weight is 348 g/mol. The van der Waals surface area contributed by atoms with Crippen molar-refractivity contribution >= 4 is 11.5 Å². The van der Waals surface area contributed by atoms with Crippen LogP contribution in [0.15, 0.2) is 12.3 Å². The molecule has 4 heterocycles. The molecule has 26 heavy (non-hydrogen) atoms. The minimum absolute atomic E-state index is 0.415. The second-order valence-electron chi connectivity index (χ2n) is 7.25. The summed E-state index contributed by atoms with van der Waals surface area (Å²) in [6, 6.07) is 4.42. The summed E-state index contributed by atoms with van der Waals surface area (Å²) in [5, 5.41) is 17.6. The molecule has 6 heteroatoms. The van der Waals surface area contributed by atoms with Gasteiger partial charge in [-0.05, 0) is 55.9 Å². The van der Waals surface area contributed by atoms with Crippen LogP contribution in [0, 0.1) is 25.2 Å². The van der Waals surface area contributed by atoms with Gasteiger partial charge in [0.15, 0.2) is 11.5 Å². The molecule has 0 atom stereocenters. The van der Waals surface area contributed by atoms with Gasteiger partial charge in [0.05, 0.1) is 11.9 Å². The minimum Gasteiger partial charge on any atom is -0.370 e. The summed E-state index contributed by atoms with van der Waals surface area (Å²) in [7, 11) is 0. The Kier molecular flexibility index (Phi) is 4.46. The van der Waals surface area contributed by atoms with Gasteiger partial charge in [0.1, 0.15) is 6.07 Å². The molecule has 6 nitrogen and oxygen atoms in total. The molecule has 0 aromatic carbocycles. The van der Waals surface area contributed by atoms with Gasteiger partial charge in [-0.1, -0.05) is 0 Å². The van der Waals surface area contributed by atoms with Crippen molar-refractivity contribution in [3.63, 3.8) is 0 Å². The monoisotopic (exact) mass is 348 g/mol. The lowest BCUT2D eigenvalue weighted by Gasteiger charge is -2.33. The number of hydrogen-bond acceptors (Lipinski definition) is 6. The molecular weight excluding hydrogens is 324 g/mol. The molecule has 2 aliphatic rings. The fraction of sp³-hybridized carbons (Fsp3) is 0.500. The predicted octanol–water partition coefficient (Wildman–Crippen LogP) is 2.91. The van der Waals surface area contributed by atoms with Gasteiger partial charge in [-0.15, -0.1) is 10.2 Å². The van der Waals surface area contributed by atoms with Crippen LogP contribution in [0.25, 0.3) is 0 Å². The Morgan fingerprint density at radius 1 is 1.00 bits per heavy atom. The maximum Gasteiger partial charge on any atom is 0.166 e. The van der Waals surface area contributed by atoms with Crippen LogP contribution in [0.3, 0.4) is 0 Å². The number of nitriles is 1. The van der Waals surface area contributed by atoms with Crippen molar-refractivity contribution in [2.75, 3.05) is 29.4 Å². The second-order valence-corrected chi connectivity index (χ2v) is 7.25. The Labute approximate surface area is 154 Å². The summed E-state index contributed by atoms with van der Waals surface area (Å²) in [5.74, 6) is 0.885. The first-order valence-electron chi connectivity index (χ1n) is 9.39. The smallest absolute Gasteiger partial charge is 0.166 e. The first-order chi connectivity index (χ1) is 12.7. The number of aromatic nitrogens is 3. The minimum atomic E-state index is 0.415. The number of rotatable bonds is 2. The lowest BCUT2D eigenvalue weighted by atomic mass is 10.0. The molecule has 0 bridgehead atoms. The molecule has 2 aromatic heterocycles. The Hall–Kier alpha value is -2.68. The van der Waals surface area contributed by atoms with Crippen molar-refractivity contribution in [2.45, 2.75) is 46.1 Å². The SMILES string of the molecule is Cc1c(C#N)nnc(N2CCc3ncc(N4CCCCC4)cc3C2)c1C. The van der Waals surface area contributed by atoms with Gasteiger partial charge in [-0.3, -0.25) is 4.98 Å². The zero-order valence-electron chi connectivity index (χ0n) is 15.5.